The average molecular weight is 462 g/mol. The van der Waals surface area contributed by atoms with Gasteiger partial charge in [-0.15, -0.1) is 49.0 Å². The molecule has 3 heterocycles. The average Bonchev–Trinajstić information content (AvgIpc) is 3.19. The number of thioether (sulfide) groups is 1. The maximum Gasteiger partial charge on any atom is 0.248 e. The quantitative estimate of drug-likeness (QED) is 0.701. The second-order valence-electron chi connectivity index (χ2n) is 6.15. The van der Waals surface area contributed by atoms with Gasteiger partial charge in [0.1, 0.15) is 11.1 Å². The molecule has 0 N–H and O–H groups in total. The van der Waals surface area contributed by atoms with Crippen LogP contribution in [0.2, 0.25) is 0 Å². The third kappa shape index (κ3) is 5.54. The van der Waals surface area contributed by atoms with Gasteiger partial charge in [-0.2, -0.15) is 0 Å². The van der Waals surface area contributed by atoms with E-state index in [1.54, 1.807) is 24.2 Å². The number of para-hydroxylation sites is 1. The van der Waals surface area contributed by atoms with Crippen molar-refractivity contribution in [2.24, 2.45) is 4.99 Å². The number of rotatable bonds is 3. The normalized spacial score (nSPS) is 18.3. The van der Waals surface area contributed by atoms with Crippen LogP contribution in [0.4, 0.5) is 5.69 Å². The molecule has 152 valence electrons. The first-order valence-electron chi connectivity index (χ1n) is 8.51. The first-order valence-corrected chi connectivity index (χ1v) is 9.49. The molecular weight excluding hydrogens is 439 g/mol. The predicted molar refractivity (Wildman–Crippen MR) is 124 cm³/mol. The SMILES string of the molecule is Cl.Cl.Cl.O=C(C1CSC(c2cccnc2)=N1)N1CCN(c2ccccc2)CC1. The molecule has 2 aliphatic rings. The van der Waals surface area contributed by atoms with Gasteiger partial charge in [-0.25, -0.2) is 0 Å². The molecule has 1 fully saturated rings. The van der Waals surface area contributed by atoms with E-state index in [9.17, 15) is 4.79 Å². The third-order valence-corrected chi connectivity index (χ3v) is 5.65. The molecule has 0 bridgehead atoms. The highest BCUT2D eigenvalue weighted by Gasteiger charge is 2.31. The number of hydrogen-bond donors (Lipinski definition) is 0. The molecular formula is C19H23Cl3N4OS. The van der Waals surface area contributed by atoms with Crippen molar-refractivity contribution < 1.29 is 4.79 Å². The Morgan fingerprint density at radius 3 is 2.32 bits per heavy atom. The molecule has 2 aliphatic heterocycles. The summed E-state index contributed by atoms with van der Waals surface area (Å²) in [5, 5.41) is 0.925. The Balaban J connectivity index is 0.00000131. The Hall–Kier alpha value is -1.47. The minimum atomic E-state index is -0.261. The van der Waals surface area contributed by atoms with Crippen molar-refractivity contribution in [3.63, 3.8) is 0 Å². The molecule has 4 rings (SSSR count). The van der Waals surface area contributed by atoms with E-state index in [1.165, 1.54) is 5.69 Å². The van der Waals surface area contributed by atoms with Gasteiger partial charge in [-0.3, -0.25) is 14.8 Å². The van der Waals surface area contributed by atoms with Gasteiger partial charge in [0.05, 0.1) is 0 Å². The Kier molecular flexibility index (Phi) is 10.1. The molecule has 1 saturated heterocycles. The number of halogens is 3. The molecule has 28 heavy (non-hydrogen) atoms. The van der Waals surface area contributed by atoms with E-state index < -0.39 is 0 Å². The zero-order valence-corrected chi connectivity index (χ0v) is 18.4. The lowest BCUT2D eigenvalue weighted by molar-refractivity contribution is -0.132. The van der Waals surface area contributed by atoms with Gasteiger partial charge in [0.15, 0.2) is 0 Å². The summed E-state index contributed by atoms with van der Waals surface area (Å²) in [5.41, 5.74) is 2.22. The van der Waals surface area contributed by atoms with Gasteiger partial charge in [-0.1, -0.05) is 18.2 Å². The third-order valence-electron chi connectivity index (χ3n) is 4.56. The van der Waals surface area contributed by atoms with Gasteiger partial charge < -0.3 is 9.80 Å². The highest BCUT2D eigenvalue weighted by Crippen LogP contribution is 2.25. The molecule has 1 aromatic carbocycles. The Morgan fingerprint density at radius 1 is 0.964 bits per heavy atom. The molecule has 1 unspecified atom stereocenters. The van der Waals surface area contributed by atoms with Crippen molar-refractivity contribution >= 4 is 65.6 Å². The van der Waals surface area contributed by atoms with Crippen LogP contribution in [-0.2, 0) is 4.79 Å². The largest absolute Gasteiger partial charge is 0.368 e. The number of aromatic nitrogens is 1. The maximum atomic E-state index is 12.8. The molecule has 0 aliphatic carbocycles. The lowest BCUT2D eigenvalue weighted by Gasteiger charge is -2.36. The fourth-order valence-electron chi connectivity index (χ4n) is 3.18. The van der Waals surface area contributed by atoms with E-state index >= 15 is 0 Å². The second-order valence-corrected chi connectivity index (χ2v) is 7.16. The maximum absolute atomic E-state index is 12.8. The highest BCUT2D eigenvalue weighted by atomic mass is 35.5. The monoisotopic (exact) mass is 460 g/mol. The van der Waals surface area contributed by atoms with Crippen LogP contribution in [-0.4, -0.2) is 58.8 Å². The number of anilines is 1. The number of benzene rings is 1. The van der Waals surface area contributed by atoms with Gasteiger partial charge >= 0.3 is 0 Å². The summed E-state index contributed by atoms with van der Waals surface area (Å²) in [6.07, 6.45) is 3.55. The number of carbonyl (C=O) groups excluding carboxylic acids is 1. The summed E-state index contributed by atoms with van der Waals surface area (Å²) in [6, 6.07) is 14.0. The molecule has 1 amide bonds. The Morgan fingerprint density at radius 2 is 1.68 bits per heavy atom. The van der Waals surface area contributed by atoms with Crippen LogP contribution in [0.3, 0.4) is 0 Å². The topological polar surface area (TPSA) is 48.8 Å². The number of amides is 1. The molecule has 0 saturated carbocycles. The van der Waals surface area contributed by atoms with Crippen molar-refractivity contribution in [3.05, 3.63) is 60.4 Å². The predicted octanol–water partition coefficient (Wildman–Crippen LogP) is 3.56. The Bertz CT molecular complexity index is 771. The number of hydrogen-bond acceptors (Lipinski definition) is 5. The summed E-state index contributed by atoms with van der Waals surface area (Å²) in [6.45, 7) is 3.25. The van der Waals surface area contributed by atoms with E-state index in [2.05, 4.69) is 39.1 Å². The van der Waals surface area contributed by atoms with E-state index in [4.69, 9.17) is 0 Å². The molecule has 9 heteroatoms. The van der Waals surface area contributed by atoms with Gasteiger partial charge in [0.2, 0.25) is 5.91 Å². The van der Waals surface area contributed by atoms with Crippen molar-refractivity contribution in [1.29, 1.82) is 0 Å². The van der Waals surface area contributed by atoms with Gasteiger partial charge in [-0.05, 0) is 24.3 Å². The lowest BCUT2D eigenvalue weighted by Crippen LogP contribution is -2.51. The lowest BCUT2D eigenvalue weighted by atomic mass is 10.2. The van der Waals surface area contributed by atoms with E-state index in [1.807, 2.05) is 23.1 Å². The summed E-state index contributed by atoms with van der Waals surface area (Å²) in [4.78, 5) is 25.9. The van der Waals surface area contributed by atoms with Crippen LogP contribution in [0.1, 0.15) is 5.56 Å². The van der Waals surface area contributed by atoms with E-state index in [0.717, 1.165) is 42.5 Å². The number of carbonyl (C=O) groups is 1. The van der Waals surface area contributed by atoms with Crippen LogP contribution in [0.25, 0.3) is 0 Å². The van der Waals surface area contributed by atoms with Crippen molar-refractivity contribution in [2.75, 3.05) is 36.8 Å². The molecule has 0 radical (unpaired) electrons. The summed E-state index contributed by atoms with van der Waals surface area (Å²) < 4.78 is 0. The zero-order chi connectivity index (χ0) is 17.1. The minimum Gasteiger partial charge on any atom is -0.368 e. The van der Waals surface area contributed by atoms with Crippen molar-refractivity contribution in [1.82, 2.24) is 9.88 Å². The molecule has 2 aromatic rings. The molecule has 1 atom stereocenters. The standard InChI is InChI=1S/C19H20N4OS.3ClH/c24-19(17-14-25-18(21-17)15-5-4-8-20-13-15)23-11-9-22(10-12-23)16-6-2-1-3-7-16;;;/h1-8,13,17H,9-12,14H2;3*1H. The molecule has 1 aromatic heterocycles. The highest BCUT2D eigenvalue weighted by molar-refractivity contribution is 8.14. The Labute approximate surface area is 188 Å². The van der Waals surface area contributed by atoms with E-state index in [0.29, 0.717) is 0 Å². The summed E-state index contributed by atoms with van der Waals surface area (Å²) in [5.74, 6) is 0.876. The van der Waals surface area contributed by atoms with Crippen LogP contribution in [0, 0.1) is 0 Å². The van der Waals surface area contributed by atoms with Crippen LogP contribution >= 0.6 is 49.0 Å². The zero-order valence-electron chi connectivity index (χ0n) is 15.1. The van der Waals surface area contributed by atoms with Crippen LogP contribution < -0.4 is 4.90 Å². The summed E-state index contributed by atoms with van der Waals surface area (Å²) in [7, 11) is 0. The van der Waals surface area contributed by atoms with Crippen LogP contribution in [0.5, 0.6) is 0 Å². The fourth-order valence-corrected chi connectivity index (χ4v) is 4.20. The minimum absolute atomic E-state index is 0. The van der Waals surface area contributed by atoms with Crippen molar-refractivity contribution in [2.45, 2.75) is 6.04 Å². The summed E-state index contributed by atoms with van der Waals surface area (Å²) >= 11 is 1.65. The first-order chi connectivity index (χ1) is 12.3. The second kappa shape index (κ2) is 11.5. The number of piperazine rings is 1. The van der Waals surface area contributed by atoms with Gasteiger partial charge in [0, 0.05) is 55.6 Å². The molecule has 5 nitrogen and oxygen atoms in total. The first kappa shape index (κ1) is 24.6. The number of pyridine rings is 1. The number of nitrogens with zero attached hydrogens (tertiary/aromatic N) is 4. The molecule has 0 spiro atoms. The van der Waals surface area contributed by atoms with Crippen molar-refractivity contribution in [3.8, 4) is 0 Å². The van der Waals surface area contributed by atoms with Crippen LogP contribution in [0.15, 0.2) is 59.9 Å². The smallest absolute Gasteiger partial charge is 0.248 e. The number of aliphatic imine (C=N–C) groups is 1. The van der Waals surface area contributed by atoms with Gasteiger partial charge in [0.25, 0.3) is 0 Å². The van der Waals surface area contributed by atoms with E-state index in [-0.39, 0.29) is 49.2 Å². The fraction of sp³-hybridized carbons (Fsp3) is 0.316.